The molecular formula is C21H26N2O4S. The van der Waals surface area contributed by atoms with Gasteiger partial charge in [-0.05, 0) is 43.1 Å². The summed E-state index contributed by atoms with van der Waals surface area (Å²) in [7, 11) is 1.37. The van der Waals surface area contributed by atoms with E-state index in [2.05, 4.69) is 17.1 Å². The van der Waals surface area contributed by atoms with Crippen LogP contribution >= 0.6 is 11.3 Å². The van der Waals surface area contributed by atoms with E-state index < -0.39 is 0 Å². The van der Waals surface area contributed by atoms with Gasteiger partial charge in [-0.1, -0.05) is 19.1 Å². The third-order valence-corrected chi connectivity index (χ3v) is 5.96. The fourth-order valence-corrected chi connectivity index (χ4v) is 4.65. The van der Waals surface area contributed by atoms with Crippen LogP contribution < -0.4 is 10.1 Å². The number of fused-ring (bicyclic) bond motifs is 1. The number of rotatable bonds is 7. The highest BCUT2D eigenvalue weighted by atomic mass is 32.1. The zero-order valence-electron chi connectivity index (χ0n) is 16.5. The summed E-state index contributed by atoms with van der Waals surface area (Å²) in [5, 5.41) is 3.52. The van der Waals surface area contributed by atoms with Crippen LogP contribution in [0.2, 0.25) is 0 Å². The molecule has 2 heterocycles. The predicted octanol–water partition coefficient (Wildman–Crippen LogP) is 3.49. The highest BCUT2D eigenvalue weighted by molar-refractivity contribution is 7.17. The summed E-state index contributed by atoms with van der Waals surface area (Å²) in [6, 6.07) is 7.47. The maximum Gasteiger partial charge on any atom is 0.341 e. The van der Waals surface area contributed by atoms with Crippen molar-refractivity contribution < 1.29 is 19.1 Å². The normalized spacial score (nSPS) is 13.7. The standard InChI is InChI=1S/C21H26N2O4S/c1-4-23-11-10-16-17(13-23)28-20(19(16)21(25)26-3)22-18(24)12-14-6-8-15(9-7-14)27-5-2/h6-9H,4-5,10-13H2,1-3H3,(H,22,24). The summed E-state index contributed by atoms with van der Waals surface area (Å²) in [4.78, 5) is 28.4. The van der Waals surface area contributed by atoms with Crippen LogP contribution in [0.1, 0.15) is 40.2 Å². The Morgan fingerprint density at radius 3 is 2.61 bits per heavy atom. The molecule has 3 rings (SSSR count). The van der Waals surface area contributed by atoms with Gasteiger partial charge in [0.05, 0.1) is 25.7 Å². The molecule has 1 aromatic heterocycles. The van der Waals surface area contributed by atoms with Gasteiger partial charge in [-0.2, -0.15) is 0 Å². The Morgan fingerprint density at radius 1 is 1.21 bits per heavy atom. The molecule has 0 bridgehead atoms. The molecule has 1 amide bonds. The summed E-state index contributed by atoms with van der Waals surface area (Å²) in [5.74, 6) is 0.241. The molecule has 0 atom stereocenters. The fraction of sp³-hybridized carbons (Fsp3) is 0.429. The Bertz CT molecular complexity index is 845. The molecule has 0 saturated heterocycles. The fourth-order valence-electron chi connectivity index (χ4n) is 3.36. The summed E-state index contributed by atoms with van der Waals surface area (Å²) < 4.78 is 10.4. The van der Waals surface area contributed by atoms with Gasteiger partial charge in [0, 0.05) is 18.0 Å². The van der Waals surface area contributed by atoms with Crippen molar-refractivity contribution in [2.45, 2.75) is 33.2 Å². The molecule has 7 heteroatoms. The lowest BCUT2D eigenvalue weighted by Gasteiger charge is -2.25. The van der Waals surface area contributed by atoms with Crippen LogP contribution in [0.3, 0.4) is 0 Å². The van der Waals surface area contributed by atoms with Gasteiger partial charge in [0.2, 0.25) is 5.91 Å². The number of esters is 1. The Kier molecular flexibility index (Phi) is 6.70. The quantitative estimate of drug-likeness (QED) is 0.718. The number of nitrogens with zero attached hydrogens (tertiary/aromatic N) is 1. The van der Waals surface area contributed by atoms with Gasteiger partial charge in [-0.15, -0.1) is 11.3 Å². The number of hydrogen-bond donors (Lipinski definition) is 1. The number of thiophene rings is 1. The number of carbonyl (C=O) groups excluding carboxylic acids is 2. The maximum absolute atomic E-state index is 12.6. The zero-order chi connectivity index (χ0) is 20.1. The molecular weight excluding hydrogens is 376 g/mol. The minimum absolute atomic E-state index is 0.153. The van der Waals surface area contributed by atoms with Gasteiger partial charge in [0.15, 0.2) is 0 Å². The SMILES string of the molecule is CCOc1ccc(CC(=O)Nc2sc3c(c2C(=O)OC)CCN(CC)C3)cc1. The van der Waals surface area contributed by atoms with Crippen LogP contribution in [0.4, 0.5) is 5.00 Å². The van der Waals surface area contributed by atoms with Gasteiger partial charge in [-0.3, -0.25) is 9.69 Å². The molecule has 2 aromatic rings. The summed E-state index contributed by atoms with van der Waals surface area (Å²) in [5.41, 5.74) is 2.41. The molecule has 1 aliphatic rings. The number of ether oxygens (including phenoxy) is 2. The van der Waals surface area contributed by atoms with Gasteiger partial charge in [0.1, 0.15) is 10.8 Å². The molecule has 1 N–H and O–H groups in total. The van der Waals surface area contributed by atoms with E-state index in [9.17, 15) is 9.59 Å². The van der Waals surface area contributed by atoms with Crippen LogP contribution in [0, 0.1) is 0 Å². The Hall–Kier alpha value is -2.38. The second kappa shape index (κ2) is 9.21. The molecule has 1 aliphatic heterocycles. The van der Waals surface area contributed by atoms with Gasteiger partial charge in [0.25, 0.3) is 0 Å². The summed E-state index contributed by atoms with van der Waals surface area (Å²) >= 11 is 1.48. The van der Waals surface area contributed by atoms with E-state index in [-0.39, 0.29) is 18.3 Å². The van der Waals surface area contributed by atoms with Crippen molar-refractivity contribution in [2.75, 3.05) is 32.1 Å². The zero-order valence-corrected chi connectivity index (χ0v) is 17.4. The van der Waals surface area contributed by atoms with Crippen molar-refractivity contribution in [1.82, 2.24) is 4.90 Å². The van der Waals surface area contributed by atoms with E-state index in [1.807, 2.05) is 31.2 Å². The van der Waals surface area contributed by atoms with Crippen LogP contribution in [-0.4, -0.2) is 43.6 Å². The highest BCUT2D eigenvalue weighted by Crippen LogP contribution is 2.37. The Morgan fingerprint density at radius 2 is 1.96 bits per heavy atom. The molecule has 150 valence electrons. The number of anilines is 1. The van der Waals surface area contributed by atoms with Crippen molar-refractivity contribution in [2.24, 2.45) is 0 Å². The first kappa shape index (κ1) is 20.4. The van der Waals surface area contributed by atoms with Gasteiger partial charge >= 0.3 is 5.97 Å². The molecule has 0 fully saturated rings. The molecule has 0 aliphatic carbocycles. The molecule has 0 radical (unpaired) electrons. The first-order valence-corrected chi connectivity index (χ1v) is 10.3. The van der Waals surface area contributed by atoms with Crippen LogP contribution in [0.15, 0.2) is 24.3 Å². The van der Waals surface area contributed by atoms with Crippen molar-refractivity contribution in [3.8, 4) is 5.75 Å². The lowest BCUT2D eigenvalue weighted by molar-refractivity contribution is -0.115. The summed E-state index contributed by atoms with van der Waals surface area (Å²) in [6.45, 7) is 7.33. The number of methoxy groups -OCH3 is 1. The molecule has 0 saturated carbocycles. The molecule has 6 nitrogen and oxygen atoms in total. The Balaban J connectivity index is 1.76. The number of amides is 1. The Labute approximate surface area is 169 Å². The molecule has 0 spiro atoms. The predicted molar refractivity (Wildman–Crippen MR) is 110 cm³/mol. The van der Waals surface area contributed by atoms with Gasteiger partial charge in [-0.25, -0.2) is 4.79 Å². The minimum Gasteiger partial charge on any atom is -0.494 e. The number of benzene rings is 1. The summed E-state index contributed by atoms with van der Waals surface area (Å²) in [6.07, 6.45) is 1.02. The smallest absolute Gasteiger partial charge is 0.341 e. The first-order chi connectivity index (χ1) is 13.5. The second-order valence-corrected chi connectivity index (χ2v) is 7.73. The van der Waals surface area contributed by atoms with E-state index in [0.717, 1.165) is 47.8 Å². The van der Waals surface area contributed by atoms with Crippen LogP contribution in [-0.2, 0) is 28.9 Å². The van der Waals surface area contributed by atoms with E-state index in [1.165, 1.54) is 18.4 Å². The topological polar surface area (TPSA) is 67.9 Å². The average Bonchev–Trinajstić information content (AvgIpc) is 3.05. The number of nitrogens with one attached hydrogen (secondary N) is 1. The molecule has 0 unspecified atom stereocenters. The monoisotopic (exact) mass is 402 g/mol. The lowest BCUT2D eigenvalue weighted by Crippen LogP contribution is -2.30. The van der Waals surface area contributed by atoms with E-state index >= 15 is 0 Å². The van der Waals surface area contributed by atoms with Crippen LogP contribution in [0.25, 0.3) is 0 Å². The molecule has 1 aromatic carbocycles. The highest BCUT2D eigenvalue weighted by Gasteiger charge is 2.28. The lowest BCUT2D eigenvalue weighted by atomic mass is 10.0. The number of carbonyl (C=O) groups is 2. The number of likely N-dealkylation sites (N-methyl/N-ethyl adjacent to an activating group) is 1. The van der Waals surface area contributed by atoms with Crippen molar-refractivity contribution in [3.05, 3.63) is 45.8 Å². The largest absolute Gasteiger partial charge is 0.494 e. The second-order valence-electron chi connectivity index (χ2n) is 6.62. The van der Waals surface area contributed by atoms with Crippen molar-refractivity contribution in [3.63, 3.8) is 0 Å². The third-order valence-electron chi connectivity index (χ3n) is 4.82. The first-order valence-electron chi connectivity index (χ1n) is 9.52. The van der Waals surface area contributed by atoms with Crippen molar-refractivity contribution >= 4 is 28.2 Å². The average molecular weight is 403 g/mol. The van der Waals surface area contributed by atoms with Crippen LogP contribution in [0.5, 0.6) is 5.75 Å². The van der Waals surface area contributed by atoms with Crippen molar-refractivity contribution in [1.29, 1.82) is 0 Å². The maximum atomic E-state index is 12.6. The van der Waals surface area contributed by atoms with E-state index in [0.29, 0.717) is 17.2 Å². The van der Waals surface area contributed by atoms with E-state index in [1.54, 1.807) is 0 Å². The van der Waals surface area contributed by atoms with E-state index in [4.69, 9.17) is 9.47 Å². The number of hydrogen-bond acceptors (Lipinski definition) is 6. The third kappa shape index (κ3) is 4.54. The molecule has 28 heavy (non-hydrogen) atoms. The minimum atomic E-state index is -0.390. The van der Waals surface area contributed by atoms with Gasteiger partial charge < -0.3 is 14.8 Å².